The van der Waals surface area contributed by atoms with Crippen molar-refractivity contribution >= 4 is 15.9 Å². The fourth-order valence-corrected chi connectivity index (χ4v) is 1.39. The molecule has 1 aliphatic carbocycles. The quantitative estimate of drug-likeness (QED) is 0.625. The Hall–Kier alpha value is -0.0800. The largest absolute Gasteiger partial charge is 0.377 e. The van der Waals surface area contributed by atoms with E-state index in [9.17, 15) is 0 Å². The second kappa shape index (κ2) is 3.94. The molecule has 0 fully saturated rings. The highest BCUT2D eigenvalue weighted by Gasteiger charge is 2.08. The molecule has 10 heavy (non-hydrogen) atoms. The maximum absolute atomic E-state index is 5.17. The summed E-state index contributed by atoms with van der Waals surface area (Å²) in [4.78, 5) is 0. The van der Waals surface area contributed by atoms with Crippen molar-refractivity contribution in [1.29, 1.82) is 0 Å². The zero-order chi connectivity index (χ0) is 7.40. The second-order valence-corrected chi connectivity index (χ2v) is 2.88. The van der Waals surface area contributed by atoms with Crippen LogP contribution in [0.25, 0.3) is 0 Å². The molecule has 0 aliphatic heterocycles. The smallest absolute Gasteiger partial charge is 0.0792 e. The van der Waals surface area contributed by atoms with Gasteiger partial charge in [-0.25, -0.2) is 0 Å². The van der Waals surface area contributed by atoms with Gasteiger partial charge in [0.25, 0.3) is 0 Å². The third kappa shape index (κ3) is 1.96. The lowest BCUT2D eigenvalue weighted by Crippen LogP contribution is -2.10. The minimum absolute atomic E-state index is 0.289. The van der Waals surface area contributed by atoms with Crippen LogP contribution in [0.1, 0.15) is 6.42 Å². The number of rotatable bonds is 2. The maximum atomic E-state index is 5.17. The fraction of sp³-hybridized carbons (Fsp3) is 0.500. The summed E-state index contributed by atoms with van der Waals surface area (Å²) in [7, 11) is 1.74. The first-order valence-corrected chi connectivity index (χ1v) is 4.44. The first-order valence-electron chi connectivity index (χ1n) is 3.32. The van der Waals surface area contributed by atoms with Gasteiger partial charge in [-0.2, -0.15) is 0 Å². The molecule has 2 heteroatoms. The first-order chi connectivity index (χ1) is 4.86. The van der Waals surface area contributed by atoms with E-state index in [0.29, 0.717) is 0 Å². The van der Waals surface area contributed by atoms with Gasteiger partial charge >= 0.3 is 0 Å². The first kappa shape index (κ1) is 8.02. The third-order valence-electron chi connectivity index (χ3n) is 1.60. The van der Waals surface area contributed by atoms with Crippen LogP contribution >= 0.6 is 15.9 Å². The minimum atomic E-state index is 0.289. The lowest BCUT2D eigenvalue weighted by molar-refractivity contribution is 0.140. The van der Waals surface area contributed by atoms with Crippen LogP contribution < -0.4 is 0 Å². The fourth-order valence-electron chi connectivity index (χ4n) is 0.971. The van der Waals surface area contributed by atoms with E-state index in [-0.39, 0.29) is 6.10 Å². The minimum Gasteiger partial charge on any atom is -0.377 e. The van der Waals surface area contributed by atoms with Crippen LogP contribution in [-0.4, -0.2) is 18.5 Å². The molecule has 0 saturated carbocycles. The monoisotopic (exact) mass is 202 g/mol. The summed E-state index contributed by atoms with van der Waals surface area (Å²) in [6, 6.07) is 0. The molecule has 0 radical (unpaired) electrons. The zero-order valence-corrected chi connectivity index (χ0v) is 7.60. The van der Waals surface area contributed by atoms with Crippen LogP contribution in [0.2, 0.25) is 0 Å². The number of methoxy groups -OCH3 is 1. The molecule has 0 amide bonds. The Labute approximate surface area is 69.9 Å². The molecular formula is C8H11BrO. The summed E-state index contributed by atoms with van der Waals surface area (Å²) >= 11 is 3.41. The van der Waals surface area contributed by atoms with Crippen LogP contribution in [0.5, 0.6) is 0 Å². The summed E-state index contributed by atoms with van der Waals surface area (Å²) < 4.78 is 5.17. The predicted molar refractivity (Wildman–Crippen MR) is 46.4 cm³/mol. The van der Waals surface area contributed by atoms with E-state index in [1.54, 1.807) is 7.11 Å². The van der Waals surface area contributed by atoms with E-state index in [2.05, 4.69) is 28.1 Å². The van der Waals surface area contributed by atoms with Crippen molar-refractivity contribution in [2.45, 2.75) is 12.5 Å². The van der Waals surface area contributed by atoms with Gasteiger partial charge in [-0.15, -0.1) is 0 Å². The standard InChI is InChI=1S/C8H11BrO/c1-10-8-4-2-3-7(5-8)6-9/h2-4,8H,5-6H2,1H3. The van der Waals surface area contributed by atoms with Gasteiger partial charge in [-0.3, -0.25) is 0 Å². The van der Waals surface area contributed by atoms with E-state index < -0.39 is 0 Å². The Bertz CT molecular complexity index is 161. The molecule has 0 aromatic rings. The van der Waals surface area contributed by atoms with Gasteiger partial charge in [0.05, 0.1) is 6.10 Å². The highest BCUT2D eigenvalue weighted by Crippen LogP contribution is 2.16. The van der Waals surface area contributed by atoms with Gasteiger partial charge in [-0.1, -0.05) is 39.7 Å². The second-order valence-electron chi connectivity index (χ2n) is 2.32. The summed E-state index contributed by atoms with van der Waals surface area (Å²) in [6.07, 6.45) is 7.57. The van der Waals surface area contributed by atoms with Crippen LogP contribution in [0.15, 0.2) is 23.8 Å². The number of allylic oxidation sites excluding steroid dienone is 2. The van der Waals surface area contributed by atoms with Gasteiger partial charge in [0, 0.05) is 12.4 Å². The molecule has 1 rings (SSSR count). The van der Waals surface area contributed by atoms with E-state index in [0.717, 1.165) is 11.8 Å². The molecule has 0 heterocycles. The molecule has 0 aromatic heterocycles. The molecule has 1 nitrogen and oxygen atoms in total. The number of hydrogen-bond donors (Lipinski definition) is 0. The van der Waals surface area contributed by atoms with Crippen molar-refractivity contribution in [2.75, 3.05) is 12.4 Å². The topological polar surface area (TPSA) is 9.23 Å². The van der Waals surface area contributed by atoms with Gasteiger partial charge in [0.2, 0.25) is 0 Å². The average molecular weight is 203 g/mol. The highest BCUT2D eigenvalue weighted by atomic mass is 79.9. The SMILES string of the molecule is COC1C=CC=C(CBr)C1. The molecular weight excluding hydrogens is 192 g/mol. The third-order valence-corrected chi connectivity index (χ3v) is 2.32. The Balaban J connectivity index is 2.50. The van der Waals surface area contributed by atoms with Crippen LogP contribution in [0.4, 0.5) is 0 Å². The van der Waals surface area contributed by atoms with Crippen LogP contribution in [-0.2, 0) is 4.74 Å². The van der Waals surface area contributed by atoms with Gasteiger partial charge in [-0.05, 0) is 6.42 Å². The van der Waals surface area contributed by atoms with E-state index in [1.165, 1.54) is 5.57 Å². The maximum Gasteiger partial charge on any atom is 0.0792 e. The van der Waals surface area contributed by atoms with Crippen molar-refractivity contribution in [3.8, 4) is 0 Å². The zero-order valence-electron chi connectivity index (χ0n) is 6.01. The lowest BCUT2D eigenvalue weighted by atomic mass is 10.0. The molecule has 56 valence electrons. The van der Waals surface area contributed by atoms with Crippen LogP contribution in [0, 0.1) is 0 Å². The molecule has 0 aromatic carbocycles. The molecule has 0 spiro atoms. The van der Waals surface area contributed by atoms with Gasteiger partial charge in [0.1, 0.15) is 0 Å². The Morgan fingerprint density at radius 2 is 2.60 bits per heavy atom. The van der Waals surface area contributed by atoms with Gasteiger partial charge < -0.3 is 4.74 Å². The molecule has 0 N–H and O–H groups in total. The van der Waals surface area contributed by atoms with E-state index in [1.807, 2.05) is 6.08 Å². The predicted octanol–water partition coefficient (Wildman–Crippen LogP) is 2.28. The summed E-state index contributed by atoms with van der Waals surface area (Å²) in [5.74, 6) is 0. The van der Waals surface area contributed by atoms with Crippen molar-refractivity contribution in [1.82, 2.24) is 0 Å². The Morgan fingerprint density at radius 1 is 1.80 bits per heavy atom. The van der Waals surface area contributed by atoms with Crippen molar-refractivity contribution in [2.24, 2.45) is 0 Å². The normalized spacial score (nSPS) is 24.6. The average Bonchev–Trinajstić information content (AvgIpc) is 2.05. The summed E-state index contributed by atoms with van der Waals surface area (Å²) in [5.41, 5.74) is 1.40. The Kier molecular flexibility index (Phi) is 3.16. The number of alkyl halides is 1. The Morgan fingerprint density at radius 3 is 3.20 bits per heavy atom. The number of halogens is 1. The molecule has 1 unspecified atom stereocenters. The molecule has 1 atom stereocenters. The molecule has 1 aliphatic rings. The van der Waals surface area contributed by atoms with Crippen molar-refractivity contribution in [3.63, 3.8) is 0 Å². The molecule has 0 saturated heterocycles. The van der Waals surface area contributed by atoms with Gasteiger partial charge in [0.15, 0.2) is 0 Å². The van der Waals surface area contributed by atoms with Crippen LogP contribution in [0.3, 0.4) is 0 Å². The van der Waals surface area contributed by atoms with Crippen molar-refractivity contribution in [3.05, 3.63) is 23.8 Å². The summed E-state index contributed by atoms with van der Waals surface area (Å²) in [5, 5.41) is 0.956. The van der Waals surface area contributed by atoms with E-state index >= 15 is 0 Å². The van der Waals surface area contributed by atoms with Crippen molar-refractivity contribution < 1.29 is 4.74 Å². The molecule has 0 bridgehead atoms. The summed E-state index contributed by atoms with van der Waals surface area (Å²) in [6.45, 7) is 0. The highest BCUT2D eigenvalue weighted by molar-refractivity contribution is 9.09. The number of hydrogen-bond acceptors (Lipinski definition) is 1. The number of ether oxygens (including phenoxy) is 1. The lowest BCUT2D eigenvalue weighted by Gasteiger charge is -2.14. The van der Waals surface area contributed by atoms with E-state index in [4.69, 9.17) is 4.74 Å².